The first-order chi connectivity index (χ1) is 11.9. The second-order valence-electron chi connectivity index (χ2n) is 5.20. The Hall–Kier alpha value is -1.61. The molecule has 1 amide bonds. The fourth-order valence-electron chi connectivity index (χ4n) is 2.25. The van der Waals surface area contributed by atoms with E-state index in [0.29, 0.717) is 3.57 Å². The Morgan fingerprint density at radius 2 is 1.92 bits per heavy atom. The standard InChI is InChI=1S/C18H17FINO3S/c1-24-17(22)10-16(11-3-6-13(25-2)7-4-11)21-18(23)14-9-12(19)5-8-15(14)20/h3-9,16H,10H2,1-2H3,(H,21,23). The highest BCUT2D eigenvalue weighted by Crippen LogP contribution is 2.23. The summed E-state index contributed by atoms with van der Waals surface area (Å²) in [6.45, 7) is 0. The molecule has 0 aromatic heterocycles. The lowest BCUT2D eigenvalue weighted by atomic mass is 10.0. The van der Waals surface area contributed by atoms with Gasteiger partial charge >= 0.3 is 5.97 Å². The molecule has 0 heterocycles. The van der Waals surface area contributed by atoms with Crippen molar-refractivity contribution in [2.45, 2.75) is 17.4 Å². The average Bonchev–Trinajstić information content (AvgIpc) is 2.63. The van der Waals surface area contributed by atoms with Crippen LogP contribution in [-0.2, 0) is 9.53 Å². The zero-order valence-corrected chi connectivity index (χ0v) is 16.7. The quantitative estimate of drug-likeness (QED) is 0.389. The number of ether oxygens (including phenoxy) is 1. The molecule has 132 valence electrons. The van der Waals surface area contributed by atoms with Crippen molar-refractivity contribution in [1.82, 2.24) is 5.32 Å². The third-order valence-electron chi connectivity index (χ3n) is 3.59. The third-order valence-corrected chi connectivity index (χ3v) is 5.28. The predicted octanol–water partition coefficient (Wildman–Crippen LogP) is 4.19. The molecule has 25 heavy (non-hydrogen) atoms. The Kier molecular flexibility index (Phi) is 7.24. The maximum absolute atomic E-state index is 13.5. The Labute approximate surface area is 163 Å². The molecule has 0 bridgehead atoms. The van der Waals surface area contributed by atoms with Crippen LogP contribution in [0.4, 0.5) is 4.39 Å². The van der Waals surface area contributed by atoms with E-state index < -0.39 is 23.7 Å². The first-order valence-corrected chi connectivity index (χ1v) is 9.71. The molecule has 1 atom stereocenters. The molecule has 1 unspecified atom stereocenters. The van der Waals surface area contributed by atoms with Gasteiger partial charge in [0.15, 0.2) is 0 Å². The van der Waals surface area contributed by atoms with Crippen LogP contribution in [-0.4, -0.2) is 25.2 Å². The number of thioether (sulfide) groups is 1. The van der Waals surface area contributed by atoms with E-state index in [1.54, 1.807) is 11.8 Å². The molecule has 0 aliphatic heterocycles. The minimum absolute atomic E-state index is 0.00719. The molecule has 0 aliphatic rings. The summed E-state index contributed by atoms with van der Waals surface area (Å²) in [7, 11) is 1.30. The molecule has 0 radical (unpaired) electrons. The molecule has 0 saturated heterocycles. The molecule has 1 N–H and O–H groups in total. The number of benzene rings is 2. The molecule has 2 aromatic carbocycles. The van der Waals surface area contributed by atoms with Crippen molar-refractivity contribution in [2.75, 3.05) is 13.4 Å². The Balaban J connectivity index is 2.27. The van der Waals surface area contributed by atoms with Crippen molar-refractivity contribution >= 4 is 46.2 Å². The van der Waals surface area contributed by atoms with E-state index in [1.807, 2.05) is 53.1 Å². The summed E-state index contributed by atoms with van der Waals surface area (Å²) in [5.41, 5.74) is 1.01. The molecule has 7 heteroatoms. The van der Waals surface area contributed by atoms with E-state index in [0.717, 1.165) is 10.5 Å². The monoisotopic (exact) mass is 473 g/mol. The molecule has 0 spiro atoms. The summed E-state index contributed by atoms with van der Waals surface area (Å²) in [5, 5.41) is 2.80. The van der Waals surface area contributed by atoms with Crippen molar-refractivity contribution in [1.29, 1.82) is 0 Å². The van der Waals surface area contributed by atoms with Crippen LogP contribution in [0.25, 0.3) is 0 Å². The summed E-state index contributed by atoms with van der Waals surface area (Å²) >= 11 is 3.57. The van der Waals surface area contributed by atoms with Crippen molar-refractivity contribution in [3.05, 3.63) is 63.0 Å². The van der Waals surface area contributed by atoms with E-state index in [4.69, 9.17) is 4.74 Å². The SMILES string of the molecule is COC(=O)CC(NC(=O)c1cc(F)ccc1I)c1ccc(SC)cc1. The Bertz CT molecular complexity index is 767. The van der Waals surface area contributed by atoms with Gasteiger partial charge in [-0.1, -0.05) is 12.1 Å². The van der Waals surface area contributed by atoms with Gasteiger partial charge < -0.3 is 10.1 Å². The van der Waals surface area contributed by atoms with Gasteiger partial charge in [-0.2, -0.15) is 0 Å². The van der Waals surface area contributed by atoms with E-state index >= 15 is 0 Å². The van der Waals surface area contributed by atoms with Gasteiger partial charge in [-0.25, -0.2) is 4.39 Å². The summed E-state index contributed by atoms with van der Waals surface area (Å²) in [6, 6.07) is 11.0. The molecule has 0 fully saturated rings. The normalized spacial score (nSPS) is 11.7. The number of carbonyl (C=O) groups is 2. The zero-order chi connectivity index (χ0) is 18.4. The minimum Gasteiger partial charge on any atom is -0.469 e. The Morgan fingerprint density at radius 1 is 1.24 bits per heavy atom. The summed E-state index contributed by atoms with van der Waals surface area (Å²) < 4.78 is 18.8. The van der Waals surface area contributed by atoms with E-state index in [-0.39, 0.29) is 12.0 Å². The fourth-order valence-corrected chi connectivity index (χ4v) is 3.23. The van der Waals surface area contributed by atoms with Gasteiger partial charge in [-0.05, 0) is 64.7 Å². The van der Waals surface area contributed by atoms with Crippen molar-refractivity contribution < 1.29 is 18.7 Å². The molecular formula is C18H17FINO3S. The molecular weight excluding hydrogens is 456 g/mol. The number of methoxy groups -OCH3 is 1. The van der Waals surface area contributed by atoms with Crippen LogP contribution >= 0.6 is 34.4 Å². The van der Waals surface area contributed by atoms with Crippen LogP contribution in [0.2, 0.25) is 0 Å². The Morgan fingerprint density at radius 3 is 2.52 bits per heavy atom. The smallest absolute Gasteiger partial charge is 0.307 e. The van der Waals surface area contributed by atoms with Crippen molar-refractivity contribution in [3.8, 4) is 0 Å². The second kappa shape index (κ2) is 9.19. The minimum atomic E-state index is -0.560. The highest BCUT2D eigenvalue weighted by molar-refractivity contribution is 14.1. The van der Waals surface area contributed by atoms with E-state index in [1.165, 1.54) is 25.3 Å². The lowest BCUT2D eigenvalue weighted by Gasteiger charge is -2.19. The van der Waals surface area contributed by atoms with Gasteiger partial charge in [0.2, 0.25) is 0 Å². The van der Waals surface area contributed by atoms with Crippen LogP contribution in [0.1, 0.15) is 28.4 Å². The van der Waals surface area contributed by atoms with Gasteiger partial charge in [0.25, 0.3) is 5.91 Å². The van der Waals surface area contributed by atoms with Crippen molar-refractivity contribution in [2.24, 2.45) is 0 Å². The van der Waals surface area contributed by atoms with E-state index in [2.05, 4.69) is 5.32 Å². The first-order valence-electron chi connectivity index (χ1n) is 7.41. The topological polar surface area (TPSA) is 55.4 Å². The predicted molar refractivity (Wildman–Crippen MR) is 104 cm³/mol. The number of amides is 1. The molecule has 2 aromatic rings. The lowest BCUT2D eigenvalue weighted by molar-refractivity contribution is -0.141. The average molecular weight is 473 g/mol. The van der Waals surface area contributed by atoms with Crippen LogP contribution in [0.5, 0.6) is 0 Å². The maximum Gasteiger partial charge on any atom is 0.307 e. The fraction of sp³-hybridized carbons (Fsp3) is 0.222. The van der Waals surface area contributed by atoms with Crippen molar-refractivity contribution in [3.63, 3.8) is 0 Å². The second-order valence-corrected chi connectivity index (χ2v) is 7.25. The molecule has 2 rings (SSSR count). The number of hydrogen-bond acceptors (Lipinski definition) is 4. The van der Waals surface area contributed by atoms with Gasteiger partial charge in [0.1, 0.15) is 5.82 Å². The van der Waals surface area contributed by atoms with Crippen LogP contribution in [0, 0.1) is 9.39 Å². The third kappa shape index (κ3) is 5.43. The number of esters is 1. The number of carbonyl (C=O) groups excluding carboxylic acids is 2. The van der Waals surface area contributed by atoms with Gasteiger partial charge in [0, 0.05) is 8.47 Å². The largest absolute Gasteiger partial charge is 0.469 e. The van der Waals surface area contributed by atoms with Gasteiger partial charge in [-0.15, -0.1) is 11.8 Å². The van der Waals surface area contributed by atoms with Gasteiger partial charge in [-0.3, -0.25) is 9.59 Å². The van der Waals surface area contributed by atoms with E-state index in [9.17, 15) is 14.0 Å². The lowest BCUT2D eigenvalue weighted by Crippen LogP contribution is -2.31. The van der Waals surface area contributed by atoms with Gasteiger partial charge in [0.05, 0.1) is 25.1 Å². The molecule has 0 saturated carbocycles. The number of nitrogens with one attached hydrogen (secondary N) is 1. The van der Waals surface area contributed by atoms with Crippen LogP contribution < -0.4 is 5.32 Å². The zero-order valence-electron chi connectivity index (χ0n) is 13.7. The number of rotatable bonds is 6. The molecule has 0 aliphatic carbocycles. The first kappa shape index (κ1) is 19.7. The maximum atomic E-state index is 13.5. The summed E-state index contributed by atoms with van der Waals surface area (Å²) in [5.74, 6) is -1.36. The highest BCUT2D eigenvalue weighted by atomic mass is 127. The number of halogens is 2. The van der Waals surface area contributed by atoms with Crippen LogP contribution in [0.15, 0.2) is 47.4 Å². The highest BCUT2D eigenvalue weighted by Gasteiger charge is 2.21. The number of hydrogen-bond donors (Lipinski definition) is 1. The summed E-state index contributed by atoms with van der Waals surface area (Å²) in [6.07, 6.45) is 1.96. The molecule has 4 nitrogen and oxygen atoms in total. The van der Waals surface area contributed by atoms with Crippen LogP contribution in [0.3, 0.4) is 0 Å². The summed E-state index contributed by atoms with van der Waals surface area (Å²) in [4.78, 5) is 25.3.